The number of para-hydroxylation sites is 1. The lowest BCUT2D eigenvalue weighted by Gasteiger charge is -2.29. The van der Waals surface area contributed by atoms with Gasteiger partial charge >= 0.3 is 0 Å². The molecule has 32 heavy (non-hydrogen) atoms. The fourth-order valence-corrected chi connectivity index (χ4v) is 4.40. The Labute approximate surface area is 193 Å². The molecule has 10 heteroatoms. The monoisotopic (exact) mass is 483 g/mol. The van der Waals surface area contributed by atoms with E-state index < -0.39 is 21.9 Å². The molecule has 2 aromatic rings. The first-order valence-electron chi connectivity index (χ1n) is 10.0. The van der Waals surface area contributed by atoms with Crippen molar-refractivity contribution >= 4 is 39.1 Å². The second-order valence-electron chi connectivity index (χ2n) is 7.29. The number of rotatable bonds is 10. The molecular weight excluding hydrogens is 457 g/mol. The molecule has 0 bridgehead atoms. The first kappa shape index (κ1) is 25.6. The van der Waals surface area contributed by atoms with Crippen LogP contribution in [-0.4, -0.2) is 51.0 Å². The summed E-state index contributed by atoms with van der Waals surface area (Å²) in [4.78, 5) is 26.6. The van der Waals surface area contributed by atoms with E-state index in [2.05, 4.69) is 5.32 Å². The summed E-state index contributed by atoms with van der Waals surface area (Å²) in [5.41, 5.74) is 0.608. The number of halogens is 2. The summed E-state index contributed by atoms with van der Waals surface area (Å²) in [7, 11) is -2.28. The first-order valence-corrected chi connectivity index (χ1v) is 12.3. The van der Waals surface area contributed by atoms with Gasteiger partial charge in [0.2, 0.25) is 21.8 Å². The average Bonchev–Trinajstić information content (AvgIpc) is 2.75. The lowest BCUT2D eigenvalue weighted by Crippen LogP contribution is -2.46. The number of benzene rings is 2. The van der Waals surface area contributed by atoms with Crippen LogP contribution in [0.3, 0.4) is 0 Å². The zero-order valence-corrected chi connectivity index (χ0v) is 19.8. The molecule has 0 saturated heterocycles. The molecule has 1 unspecified atom stereocenters. The van der Waals surface area contributed by atoms with E-state index in [4.69, 9.17) is 11.6 Å². The van der Waals surface area contributed by atoms with Crippen LogP contribution in [0.15, 0.2) is 48.5 Å². The maximum Gasteiger partial charge on any atom is 0.242 e. The summed E-state index contributed by atoms with van der Waals surface area (Å²) in [6.07, 6.45) is 1.09. The molecule has 0 aliphatic heterocycles. The lowest BCUT2D eigenvalue weighted by atomic mass is 10.1. The van der Waals surface area contributed by atoms with Crippen LogP contribution in [0.4, 0.5) is 10.1 Å². The molecule has 2 aromatic carbocycles. The Hall–Kier alpha value is -2.65. The van der Waals surface area contributed by atoms with Gasteiger partial charge in [-0.1, -0.05) is 41.9 Å². The van der Waals surface area contributed by atoms with Crippen molar-refractivity contribution in [1.82, 2.24) is 10.2 Å². The number of hydrogen-bond acceptors (Lipinski definition) is 4. The van der Waals surface area contributed by atoms with Crippen molar-refractivity contribution < 1.29 is 22.4 Å². The Balaban J connectivity index is 2.17. The minimum absolute atomic E-state index is 0.0355. The second-order valence-corrected chi connectivity index (χ2v) is 9.61. The van der Waals surface area contributed by atoms with Crippen LogP contribution in [0, 0.1) is 5.82 Å². The average molecular weight is 484 g/mol. The third-order valence-electron chi connectivity index (χ3n) is 4.99. The van der Waals surface area contributed by atoms with Crippen molar-refractivity contribution in [3.8, 4) is 0 Å². The van der Waals surface area contributed by atoms with Gasteiger partial charge < -0.3 is 10.2 Å². The number of nitrogens with zero attached hydrogens (tertiary/aromatic N) is 2. The molecule has 0 aliphatic carbocycles. The van der Waals surface area contributed by atoms with Crippen molar-refractivity contribution in [3.63, 3.8) is 0 Å². The van der Waals surface area contributed by atoms with Crippen LogP contribution >= 0.6 is 11.6 Å². The minimum Gasteiger partial charge on any atom is -0.357 e. The normalized spacial score (nSPS) is 12.2. The fraction of sp³-hybridized carbons (Fsp3) is 0.364. The van der Waals surface area contributed by atoms with Gasteiger partial charge in [0.1, 0.15) is 11.9 Å². The minimum atomic E-state index is -3.76. The smallest absolute Gasteiger partial charge is 0.242 e. The van der Waals surface area contributed by atoms with Gasteiger partial charge in [0.05, 0.1) is 11.9 Å². The second kappa shape index (κ2) is 11.3. The highest BCUT2D eigenvalue weighted by molar-refractivity contribution is 7.92. The fourth-order valence-electron chi connectivity index (χ4n) is 3.24. The summed E-state index contributed by atoms with van der Waals surface area (Å²) in [6, 6.07) is 11.8. The van der Waals surface area contributed by atoms with Gasteiger partial charge in [-0.05, 0) is 37.1 Å². The van der Waals surface area contributed by atoms with Crippen LogP contribution in [0.5, 0.6) is 0 Å². The number of anilines is 1. The van der Waals surface area contributed by atoms with Gasteiger partial charge in [0, 0.05) is 31.6 Å². The number of hydrogen-bond donors (Lipinski definition) is 1. The van der Waals surface area contributed by atoms with Crippen LogP contribution in [0.1, 0.15) is 25.3 Å². The predicted octanol–water partition coefficient (Wildman–Crippen LogP) is 3.19. The van der Waals surface area contributed by atoms with E-state index in [-0.39, 0.29) is 43.4 Å². The van der Waals surface area contributed by atoms with Gasteiger partial charge in [-0.3, -0.25) is 13.9 Å². The highest BCUT2D eigenvalue weighted by Gasteiger charge is 2.27. The molecule has 2 amide bonds. The van der Waals surface area contributed by atoms with E-state index >= 15 is 0 Å². The third-order valence-corrected chi connectivity index (χ3v) is 6.53. The van der Waals surface area contributed by atoms with Crippen LogP contribution in [-0.2, 0) is 26.2 Å². The van der Waals surface area contributed by atoms with Crippen LogP contribution in [0.2, 0.25) is 5.02 Å². The summed E-state index contributed by atoms with van der Waals surface area (Å²) in [5, 5.41) is 3.00. The van der Waals surface area contributed by atoms with E-state index in [1.54, 1.807) is 31.2 Å². The van der Waals surface area contributed by atoms with Gasteiger partial charge in [-0.25, -0.2) is 12.8 Å². The highest BCUT2D eigenvalue weighted by Crippen LogP contribution is 2.23. The number of amides is 2. The van der Waals surface area contributed by atoms with E-state index in [9.17, 15) is 22.4 Å². The maximum atomic E-state index is 14.2. The largest absolute Gasteiger partial charge is 0.357 e. The van der Waals surface area contributed by atoms with E-state index in [0.717, 1.165) is 10.6 Å². The molecule has 1 N–H and O–H groups in total. The summed E-state index contributed by atoms with van der Waals surface area (Å²) in [6.45, 7) is 1.64. The Bertz CT molecular complexity index is 1060. The van der Waals surface area contributed by atoms with Crippen molar-refractivity contribution in [1.29, 1.82) is 0 Å². The number of likely N-dealkylation sites (N-methyl/N-ethyl adjacent to an activating group) is 1. The van der Waals surface area contributed by atoms with Crippen molar-refractivity contribution in [3.05, 3.63) is 64.9 Å². The Kier molecular flexibility index (Phi) is 9.03. The highest BCUT2D eigenvalue weighted by atomic mass is 35.5. The standard InChI is InChI=1S/C22H27ClFN3O4S/c1-16(22(29)25-2)26(15-17-9-4-5-10-18(17)23)21(28)13-8-14-27(32(3,30)31)20-12-7-6-11-19(20)24/h4-7,9-12,16H,8,13-15H2,1-3H3,(H,25,29). The molecule has 0 aromatic heterocycles. The van der Waals surface area contributed by atoms with E-state index in [1.165, 1.54) is 36.2 Å². The number of sulfonamides is 1. The van der Waals surface area contributed by atoms with Crippen LogP contribution in [0.25, 0.3) is 0 Å². The predicted molar refractivity (Wildman–Crippen MR) is 123 cm³/mol. The molecule has 0 radical (unpaired) electrons. The van der Waals surface area contributed by atoms with E-state index in [1.807, 2.05) is 0 Å². The summed E-state index contributed by atoms with van der Waals surface area (Å²) < 4.78 is 39.5. The molecule has 0 spiro atoms. The third kappa shape index (κ3) is 6.67. The molecule has 0 heterocycles. The van der Waals surface area contributed by atoms with E-state index in [0.29, 0.717) is 10.6 Å². The van der Waals surface area contributed by atoms with Gasteiger partial charge in [-0.15, -0.1) is 0 Å². The molecule has 0 fully saturated rings. The van der Waals surface area contributed by atoms with Crippen molar-refractivity contribution in [2.24, 2.45) is 0 Å². The maximum absolute atomic E-state index is 14.2. The Morgan fingerprint density at radius 2 is 1.75 bits per heavy atom. The quantitative estimate of drug-likeness (QED) is 0.562. The SMILES string of the molecule is CNC(=O)C(C)N(Cc1ccccc1Cl)C(=O)CCCN(c1ccccc1F)S(C)(=O)=O. The van der Waals surface area contributed by atoms with Crippen molar-refractivity contribution in [2.45, 2.75) is 32.4 Å². The lowest BCUT2D eigenvalue weighted by molar-refractivity contribution is -0.140. The topological polar surface area (TPSA) is 86.8 Å². The van der Waals surface area contributed by atoms with Gasteiger partial charge in [-0.2, -0.15) is 0 Å². The molecule has 174 valence electrons. The zero-order valence-electron chi connectivity index (χ0n) is 18.2. The summed E-state index contributed by atoms with van der Waals surface area (Å²) >= 11 is 6.22. The molecule has 7 nitrogen and oxygen atoms in total. The molecule has 1 atom stereocenters. The van der Waals surface area contributed by atoms with Crippen LogP contribution < -0.4 is 9.62 Å². The van der Waals surface area contributed by atoms with Crippen molar-refractivity contribution in [2.75, 3.05) is 24.2 Å². The number of nitrogens with one attached hydrogen (secondary N) is 1. The Morgan fingerprint density at radius 3 is 2.34 bits per heavy atom. The van der Waals surface area contributed by atoms with Gasteiger partial charge in [0.15, 0.2) is 0 Å². The molecule has 0 saturated carbocycles. The number of carbonyl (C=O) groups excluding carboxylic acids is 2. The first-order chi connectivity index (χ1) is 15.1. The molecule has 0 aliphatic rings. The Morgan fingerprint density at radius 1 is 1.12 bits per heavy atom. The zero-order chi connectivity index (χ0) is 23.9. The molecular formula is C22H27ClFN3O4S. The molecule has 2 rings (SSSR count). The van der Waals surface area contributed by atoms with Gasteiger partial charge in [0.25, 0.3) is 0 Å². The number of carbonyl (C=O) groups is 2. The summed E-state index contributed by atoms with van der Waals surface area (Å²) in [5.74, 6) is -1.35.